The second-order valence-electron chi connectivity index (χ2n) is 11.5. The minimum absolute atomic E-state index is 0.0407. The molecule has 4 aromatic carbocycles. The van der Waals surface area contributed by atoms with Crippen molar-refractivity contribution in [3.8, 4) is 0 Å². The first-order valence-electron chi connectivity index (χ1n) is 15.4. The number of hydrogen-bond acceptors (Lipinski definition) is 4. The van der Waals surface area contributed by atoms with Crippen molar-refractivity contribution in [1.82, 2.24) is 10.2 Å². The highest BCUT2D eigenvalue weighted by atomic mass is 79.9. The van der Waals surface area contributed by atoms with E-state index in [1.54, 1.807) is 47.4 Å². The van der Waals surface area contributed by atoms with Crippen molar-refractivity contribution in [2.75, 3.05) is 10.8 Å². The average Bonchev–Trinajstić information content (AvgIpc) is 3.06. The summed E-state index contributed by atoms with van der Waals surface area (Å²) in [6.07, 6.45) is 5.32. The van der Waals surface area contributed by atoms with Gasteiger partial charge in [-0.1, -0.05) is 118 Å². The van der Waals surface area contributed by atoms with Gasteiger partial charge in [-0.2, -0.15) is 0 Å². The van der Waals surface area contributed by atoms with Gasteiger partial charge >= 0.3 is 0 Å². The maximum atomic E-state index is 14.6. The highest BCUT2D eigenvalue weighted by Crippen LogP contribution is 2.28. The van der Waals surface area contributed by atoms with E-state index < -0.39 is 28.5 Å². The Morgan fingerprint density at radius 2 is 1.37 bits per heavy atom. The lowest BCUT2D eigenvalue weighted by Crippen LogP contribution is -2.55. The van der Waals surface area contributed by atoms with Crippen LogP contribution in [0.3, 0.4) is 0 Å². The number of rotatable bonds is 12. The van der Waals surface area contributed by atoms with E-state index in [4.69, 9.17) is 0 Å². The SMILES string of the molecule is O=C(NC1CCCCC1)[C@H](Cc1ccccc1)N(Cc1cccc(Br)c1)C(=O)CN(c1cccc(Br)c1)S(=O)(=O)c1ccccc1. The molecule has 1 saturated carbocycles. The van der Waals surface area contributed by atoms with Crippen LogP contribution in [-0.4, -0.2) is 43.8 Å². The van der Waals surface area contributed by atoms with Gasteiger partial charge in [0.25, 0.3) is 10.0 Å². The van der Waals surface area contributed by atoms with E-state index in [0.29, 0.717) is 10.2 Å². The Labute approximate surface area is 288 Å². The van der Waals surface area contributed by atoms with E-state index in [1.165, 1.54) is 12.1 Å². The Hall–Kier alpha value is -3.47. The third-order valence-corrected chi connectivity index (χ3v) is 10.9. The van der Waals surface area contributed by atoms with Crippen LogP contribution in [0.4, 0.5) is 5.69 Å². The highest BCUT2D eigenvalue weighted by Gasteiger charge is 2.35. The molecular weight excluding hydrogens is 730 g/mol. The molecule has 1 N–H and O–H groups in total. The molecule has 0 radical (unpaired) electrons. The Kier molecular flexibility index (Phi) is 11.7. The molecule has 0 bridgehead atoms. The monoisotopic (exact) mass is 765 g/mol. The molecule has 2 amide bonds. The van der Waals surface area contributed by atoms with Gasteiger partial charge in [0.2, 0.25) is 11.8 Å². The summed E-state index contributed by atoms with van der Waals surface area (Å²) in [5.41, 5.74) is 2.05. The molecule has 7 nitrogen and oxygen atoms in total. The van der Waals surface area contributed by atoms with Gasteiger partial charge in [0.05, 0.1) is 10.6 Å². The van der Waals surface area contributed by atoms with E-state index in [-0.39, 0.29) is 29.8 Å². The fourth-order valence-corrected chi connectivity index (χ4v) is 8.07. The zero-order chi connectivity index (χ0) is 32.5. The number of anilines is 1. The molecule has 0 unspecified atom stereocenters. The Morgan fingerprint density at radius 1 is 0.761 bits per heavy atom. The summed E-state index contributed by atoms with van der Waals surface area (Å²) >= 11 is 6.98. The average molecular weight is 768 g/mol. The highest BCUT2D eigenvalue weighted by molar-refractivity contribution is 9.10. The van der Waals surface area contributed by atoms with Gasteiger partial charge in [-0.15, -0.1) is 0 Å². The Balaban J connectivity index is 1.56. The first-order chi connectivity index (χ1) is 22.2. The number of carbonyl (C=O) groups is 2. The lowest BCUT2D eigenvalue weighted by molar-refractivity contribution is -0.140. The fraction of sp³-hybridized carbons (Fsp3) is 0.278. The third kappa shape index (κ3) is 8.86. The van der Waals surface area contributed by atoms with Crippen LogP contribution in [0, 0.1) is 0 Å². The van der Waals surface area contributed by atoms with Crippen molar-refractivity contribution in [3.05, 3.63) is 129 Å². The van der Waals surface area contributed by atoms with Crippen LogP contribution in [-0.2, 0) is 32.6 Å². The number of halogens is 2. The van der Waals surface area contributed by atoms with E-state index in [9.17, 15) is 18.0 Å². The van der Waals surface area contributed by atoms with Gasteiger partial charge in [-0.3, -0.25) is 13.9 Å². The summed E-state index contributed by atoms with van der Waals surface area (Å²) < 4.78 is 30.9. The maximum Gasteiger partial charge on any atom is 0.264 e. The predicted molar refractivity (Wildman–Crippen MR) is 189 cm³/mol. The number of nitrogens with zero attached hydrogens (tertiary/aromatic N) is 2. The second-order valence-corrected chi connectivity index (χ2v) is 15.2. The maximum absolute atomic E-state index is 14.6. The van der Waals surface area contributed by atoms with Crippen molar-refractivity contribution in [3.63, 3.8) is 0 Å². The summed E-state index contributed by atoms with van der Waals surface area (Å²) in [4.78, 5) is 30.4. The number of nitrogens with one attached hydrogen (secondary N) is 1. The summed E-state index contributed by atoms with van der Waals surface area (Å²) in [5.74, 6) is -0.724. The minimum Gasteiger partial charge on any atom is -0.352 e. The quantitative estimate of drug-likeness (QED) is 0.162. The fourth-order valence-electron chi connectivity index (χ4n) is 5.81. The van der Waals surface area contributed by atoms with Crippen LogP contribution in [0.5, 0.6) is 0 Å². The molecule has 5 rings (SSSR count). The largest absolute Gasteiger partial charge is 0.352 e. The Bertz CT molecular complexity index is 1730. The van der Waals surface area contributed by atoms with E-state index in [1.807, 2.05) is 54.6 Å². The summed E-state index contributed by atoms with van der Waals surface area (Å²) in [7, 11) is -4.15. The molecule has 0 heterocycles. The molecule has 1 fully saturated rings. The van der Waals surface area contributed by atoms with E-state index in [0.717, 1.165) is 52.0 Å². The summed E-state index contributed by atoms with van der Waals surface area (Å²) in [5, 5.41) is 3.24. The number of benzene rings is 4. The molecule has 4 aromatic rings. The van der Waals surface area contributed by atoms with Crippen LogP contribution < -0.4 is 9.62 Å². The molecule has 1 aliphatic carbocycles. The molecule has 0 spiro atoms. The van der Waals surface area contributed by atoms with E-state index >= 15 is 0 Å². The molecule has 10 heteroatoms. The van der Waals surface area contributed by atoms with Gasteiger partial charge in [0.1, 0.15) is 12.6 Å². The second kappa shape index (κ2) is 15.9. The minimum atomic E-state index is -4.15. The lowest BCUT2D eigenvalue weighted by atomic mass is 9.94. The van der Waals surface area contributed by atoms with Gasteiger partial charge < -0.3 is 10.2 Å². The zero-order valence-corrected chi connectivity index (χ0v) is 29.4. The van der Waals surface area contributed by atoms with Crippen LogP contribution in [0.1, 0.15) is 43.2 Å². The molecule has 0 aromatic heterocycles. The molecule has 1 atom stereocenters. The summed E-state index contributed by atoms with van der Waals surface area (Å²) in [6.45, 7) is -0.380. The third-order valence-electron chi connectivity index (χ3n) is 8.17. The molecule has 46 heavy (non-hydrogen) atoms. The molecular formula is C36H37Br2N3O4S. The standard InChI is InChI=1S/C36H37Br2N3O4S/c37-29-15-10-14-28(22-29)25-40(34(23-27-12-4-1-5-13-27)36(43)39-31-17-6-2-7-18-31)35(42)26-41(32-19-11-16-30(38)24-32)46(44,45)33-20-8-3-9-21-33/h1,3-5,8-16,19-22,24,31,34H,2,6-7,17-18,23,25-26H2,(H,39,43)/t34-/m0/s1. The molecule has 240 valence electrons. The van der Waals surface area contributed by atoms with Crippen molar-refractivity contribution in [2.45, 2.75) is 62.0 Å². The lowest BCUT2D eigenvalue weighted by Gasteiger charge is -2.35. The number of hydrogen-bond donors (Lipinski definition) is 1. The molecule has 0 aliphatic heterocycles. The van der Waals surface area contributed by atoms with Crippen molar-refractivity contribution in [1.29, 1.82) is 0 Å². The van der Waals surface area contributed by atoms with Gasteiger partial charge in [-0.25, -0.2) is 8.42 Å². The van der Waals surface area contributed by atoms with Gasteiger partial charge in [0.15, 0.2) is 0 Å². The number of amides is 2. The predicted octanol–water partition coefficient (Wildman–Crippen LogP) is 7.50. The van der Waals surface area contributed by atoms with E-state index in [2.05, 4.69) is 37.2 Å². The van der Waals surface area contributed by atoms with Crippen LogP contribution in [0.25, 0.3) is 0 Å². The summed E-state index contributed by atoms with van der Waals surface area (Å²) in [6, 6.07) is 31.3. The first-order valence-corrected chi connectivity index (χ1v) is 18.4. The van der Waals surface area contributed by atoms with Gasteiger partial charge in [-0.05, 0) is 66.4 Å². The van der Waals surface area contributed by atoms with Crippen LogP contribution in [0.2, 0.25) is 0 Å². The topological polar surface area (TPSA) is 86.8 Å². The van der Waals surface area contributed by atoms with Crippen molar-refractivity contribution >= 4 is 59.4 Å². The smallest absolute Gasteiger partial charge is 0.264 e. The van der Waals surface area contributed by atoms with Gasteiger partial charge in [0, 0.05) is 28.0 Å². The van der Waals surface area contributed by atoms with Crippen molar-refractivity contribution < 1.29 is 18.0 Å². The van der Waals surface area contributed by atoms with Crippen molar-refractivity contribution in [2.24, 2.45) is 0 Å². The number of sulfonamides is 1. The normalized spacial score (nSPS) is 14.3. The first kappa shape index (κ1) is 33.9. The number of carbonyl (C=O) groups excluding carboxylic acids is 2. The molecule has 0 saturated heterocycles. The van der Waals surface area contributed by atoms with Crippen LogP contribution in [0.15, 0.2) is 123 Å². The molecule has 1 aliphatic rings. The van der Waals surface area contributed by atoms with Crippen LogP contribution >= 0.6 is 31.9 Å². The Morgan fingerprint density at radius 3 is 2.02 bits per heavy atom. The zero-order valence-electron chi connectivity index (χ0n) is 25.4.